The summed E-state index contributed by atoms with van der Waals surface area (Å²) in [7, 11) is 0. The van der Waals surface area contributed by atoms with Crippen molar-refractivity contribution in [3.8, 4) is 11.6 Å². The van der Waals surface area contributed by atoms with E-state index >= 15 is 0 Å². The first-order valence-electron chi connectivity index (χ1n) is 7.44. The largest absolute Gasteiger partial charge is 0.437 e. The zero-order valence-corrected chi connectivity index (χ0v) is 13.2. The molecule has 0 radical (unpaired) electrons. The number of rotatable bonds is 6. The lowest BCUT2D eigenvalue weighted by Gasteiger charge is -2.12. The molecule has 0 amide bonds. The van der Waals surface area contributed by atoms with Crippen molar-refractivity contribution >= 4 is 5.82 Å². The van der Waals surface area contributed by atoms with Crippen LogP contribution in [0.3, 0.4) is 0 Å². The Labute approximate surface area is 126 Å². The van der Waals surface area contributed by atoms with E-state index < -0.39 is 0 Å². The fraction of sp³-hybridized carbons (Fsp3) is 0.412. The Balaban J connectivity index is 2.19. The van der Waals surface area contributed by atoms with Crippen LogP contribution in [0.1, 0.15) is 44.2 Å². The summed E-state index contributed by atoms with van der Waals surface area (Å²) in [5, 5.41) is 3.21. The predicted molar refractivity (Wildman–Crippen MR) is 86.2 cm³/mol. The maximum atomic E-state index is 5.91. The van der Waals surface area contributed by atoms with Gasteiger partial charge in [-0.3, -0.25) is 4.98 Å². The minimum absolute atomic E-state index is 0.469. The van der Waals surface area contributed by atoms with Crippen LogP contribution in [0, 0.1) is 6.92 Å². The van der Waals surface area contributed by atoms with Crippen molar-refractivity contribution in [1.29, 1.82) is 0 Å². The molecule has 1 aromatic heterocycles. The number of anilines is 1. The number of hydrogen-bond acceptors (Lipinski definition) is 4. The molecule has 0 bridgehead atoms. The van der Waals surface area contributed by atoms with Crippen LogP contribution in [0.4, 0.5) is 5.82 Å². The van der Waals surface area contributed by atoms with E-state index in [1.54, 1.807) is 12.4 Å². The van der Waals surface area contributed by atoms with Crippen LogP contribution in [0.25, 0.3) is 0 Å². The highest BCUT2D eigenvalue weighted by molar-refractivity contribution is 5.41. The summed E-state index contributed by atoms with van der Waals surface area (Å²) in [4.78, 5) is 8.60. The third kappa shape index (κ3) is 4.18. The Morgan fingerprint density at radius 2 is 2.05 bits per heavy atom. The third-order valence-corrected chi connectivity index (χ3v) is 3.26. The van der Waals surface area contributed by atoms with Crippen LogP contribution < -0.4 is 10.1 Å². The molecular formula is C17H23N3O. The number of benzene rings is 1. The maximum absolute atomic E-state index is 5.91. The van der Waals surface area contributed by atoms with Crippen molar-refractivity contribution in [2.24, 2.45) is 0 Å². The molecule has 1 heterocycles. The van der Waals surface area contributed by atoms with E-state index in [-0.39, 0.29) is 0 Å². The van der Waals surface area contributed by atoms with Gasteiger partial charge in [0.2, 0.25) is 5.88 Å². The molecule has 1 N–H and O–H groups in total. The molecule has 4 nitrogen and oxygen atoms in total. The Kier molecular flexibility index (Phi) is 5.14. The molecule has 2 aromatic rings. The van der Waals surface area contributed by atoms with E-state index in [1.807, 2.05) is 6.92 Å². The van der Waals surface area contributed by atoms with Gasteiger partial charge < -0.3 is 10.1 Å². The fourth-order valence-electron chi connectivity index (χ4n) is 1.93. The van der Waals surface area contributed by atoms with Gasteiger partial charge in [0.15, 0.2) is 0 Å². The standard InChI is InChI=1S/C17H23N3O/c1-5-8-19-16-10-18-11-17(20-16)21-15-9-14(12(2)3)7-6-13(15)4/h6-7,9-12H,5,8H2,1-4H3,(H,19,20). The van der Waals surface area contributed by atoms with E-state index in [1.165, 1.54) is 5.56 Å². The molecule has 0 atom stereocenters. The molecule has 21 heavy (non-hydrogen) atoms. The van der Waals surface area contributed by atoms with Crippen molar-refractivity contribution in [2.45, 2.75) is 40.0 Å². The molecule has 0 saturated carbocycles. The predicted octanol–water partition coefficient (Wildman–Crippen LogP) is 4.52. The van der Waals surface area contributed by atoms with Gasteiger partial charge in [-0.1, -0.05) is 32.9 Å². The van der Waals surface area contributed by atoms with Gasteiger partial charge >= 0.3 is 0 Å². The van der Waals surface area contributed by atoms with Crippen molar-refractivity contribution in [3.63, 3.8) is 0 Å². The molecule has 0 unspecified atom stereocenters. The van der Waals surface area contributed by atoms with Gasteiger partial charge in [-0.25, -0.2) is 0 Å². The minimum atomic E-state index is 0.469. The van der Waals surface area contributed by atoms with Gasteiger partial charge in [-0.05, 0) is 36.5 Å². The van der Waals surface area contributed by atoms with Crippen molar-refractivity contribution in [2.75, 3.05) is 11.9 Å². The summed E-state index contributed by atoms with van der Waals surface area (Å²) >= 11 is 0. The van der Waals surface area contributed by atoms with E-state index in [9.17, 15) is 0 Å². The summed E-state index contributed by atoms with van der Waals surface area (Å²) in [6.45, 7) is 9.36. The highest BCUT2D eigenvalue weighted by Gasteiger charge is 2.07. The van der Waals surface area contributed by atoms with Gasteiger partial charge in [0.05, 0.1) is 12.4 Å². The summed E-state index contributed by atoms with van der Waals surface area (Å²) in [6.07, 6.45) is 4.39. The lowest BCUT2D eigenvalue weighted by molar-refractivity contribution is 0.456. The van der Waals surface area contributed by atoms with E-state index in [2.05, 4.69) is 54.3 Å². The lowest BCUT2D eigenvalue weighted by atomic mass is 10.0. The number of nitrogens with one attached hydrogen (secondary N) is 1. The first-order valence-corrected chi connectivity index (χ1v) is 7.44. The smallest absolute Gasteiger partial charge is 0.239 e. The van der Waals surface area contributed by atoms with Crippen molar-refractivity contribution < 1.29 is 4.74 Å². The Hall–Kier alpha value is -2.10. The fourth-order valence-corrected chi connectivity index (χ4v) is 1.93. The summed E-state index contributed by atoms with van der Waals surface area (Å²) in [5.74, 6) is 2.56. The van der Waals surface area contributed by atoms with Crippen LogP contribution in [0.2, 0.25) is 0 Å². The second kappa shape index (κ2) is 7.07. The Bertz CT molecular complexity index is 596. The first kappa shape index (κ1) is 15.3. The van der Waals surface area contributed by atoms with Crippen LogP contribution in [0.5, 0.6) is 11.6 Å². The summed E-state index contributed by atoms with van der Waals surface area (Å²) in [6, 6.07) is 6.29. The van der Waals surface area contributed by atoms with Gasteiger partial charge in [-0.15, -0.1) is 0 Å². The quantitative estimate of drug-likeness (QED) is 0.847. The summed E-state index contributed by atoms with van der Waals surface area (Å²) < 4.78 is 5.91. The monoisotopic (exact) mass is 285 g/mol. The summed E-state index contributed by atoms with van der Waals surface area (Å²) in [5.41, 5.74) is 2.34. The second-order valence-corrected chi connectivity index (χ2v) is 5.45. The molecule has 0 saturated heterocycles. The van der Waals surface area contributed by atoms with E-state index in [0.29, 0.717) is 11.8 Å². The molecule has 1 aromatic carbocycles. The molecule has 2 rings (SSSR count). The number of ether oxygens (including phenoxy) is 1. The van der Waals surface area contributed by atoms with Crippen LogP contribution in [-0.2, 0) is 0 Å². The number of aryl methyl sites for hydroxylation is 1. The average molecular weight is 285 g/mol. The van der Waals surface area contributed by atoms with Crippen molar-refractivity contribution in [1.82, 2.24) is 9.97 Å². The van der Waals surface area contributed by atoms with Crippen LogP contribution >= 0.6 is 0 Å². The number of aromatic nitrogens is 2. The Morgan fingerprint density at radius 3 is 2.76 bits per heavy atom. The zero-order chi connectivity index (χ0) is 15.2. The molecule has 0 fully saturated rings. The topological polar surface area (TPSA) is 47.0 Å². The Morgan fingerprint density at radius 1 is 1.24 bits per heavy atom. The normalized spacial score (nSPS) is 10.7. The molecule has 0 aliphatic carbocycles. The van der Waals surface area contributed by atoms with Gasteiger partial charge in [0.25, 0.3) is 0 Å². The van der Waals surface area contributed by atoms with Gasteiger partial charge in [-0.2, -0.15) is 4.98 Å². The van der Waals surface area contributed by atoms with E-state index in [4.69, 9.17) is 4.74 Å². The molecule has 0 aliphatic heterocycles. The number of nitrogens with zero attached hydrogens (tertiary/aromatic N) is 2. The molecule has 4 heteroatoms. The first-order chi connectivity index (χ1) is 10.1. The lowest BCUT2D eigenvalue weighted by Crippen LogP contribution is -2.03. The molecule has 112 valence electrons. The molecular weight excluding hydrogens is 262 g/mol. The maximum Gasteiger partial charge on any atom is 0.239 e. The third-order valence-electron chi connectivity index (χ3n) is 3.26. The average Bonchev–Trinajstić information content (AvgIpc) is 2.47. The molecule has 0 spiro atoms. The number of hydrogen-bond donors (Lipinski definition) is 1. The van der Waals surface area contributed by atoms with E-state index in [0.717, 1.165) is 30.1 Å². The van der Waals surface area contributed by atoms with Crippen LogP contribution in [0.15, 0.2) is 30.6 Å². The van der Waals surface area contributed by atoms with Gasteiger partial charge in [0.1, 0.15) is 11.6 Å². The second-order valence-electron chi connectivity index (χ2n) is 5.45. The minimum Gasteiger partial charge on any atom is -0.437 e. The SMILES string of the molecule is CCCNc1cncc(Oc2cc(C(C)C)ccc2C)n1. The van der Waals surface area contributed by atoms with Crippen molar-refractivity contribution in [3.05, 3.63) is 41.7 Å². The highest BCUT2D eigenvalue weighted by Crippen LogP contribution is 2.28. The molecule has 0 aliphatic rings. The zero-order valence-electron chi connectivity index (χ0n) is 13.2. The highest BCUT2D eigenvalue weighted by atomic mass is 16.5. The van der Waals surface area contributed by atoms with Crippen LogP contribution in [-0.4, -0.2) is 16.5 Å². The van der Waals surface area contributed by atoms with Gasteiger partial charge in [0, 0.05) is 6.54 Å².